The highest BCUT2D eigenvalue weighted by atomic mass is 19.1. The Bertz CT molecular complexity index is 1040. The lowest BCUT2D eigenvalue weighted by Gasteiger charge is -2.29. The average molecular weight is 400 g/mol. The quantitative estimate of drug-likeness (QED) is 0.726. The molecule has 1 N–H and O–H groups in total. The lowest BCUT2D eigenvalue weighted by molar-refractivity contribution is 0.0894. The molecule has 0 spiro atoms. The fourth-order valence-electron chi connectivity index (χ4n) is 3.75. The zero-order valence-electron chi connectivity index (χ0n) is 16.3. The van der Waals surface area contributed by atoms with Gasteiger partial charge in [0.05, 0.1) is 11.7 Å². The van der Waals surface area contributed by atoms with Crippen LogP contribution in [0.15, 0.2) is 30.5 Å². The van der Waals surface area contributed by atoms with Crippen molar-refractivity contribution in [3.05, 3.63) is 53.5 Å². The fourth-order valence-corrected chi connectivity index (χ4v) is 3.75. The van der Waals surface area contributed by atoms with Crippen LogP contribution in [0.25, 0.3) is 11.2 Å². The van der Waals surface area contributed by atoms with Crippen LogP contribution in [0.1, 0.15) is 41.9 Å². The number of rotatable bonds is 4. The lowest BCUT2D eigenvalue weighted by atomic mass is 9.92. The molecule has 1 aliphatic rings. The molecule has 8 heteroatoms. The van der Waals surface area contributed by atoms with Crippen molar-refractivity contribution in [1.29, 1.82) is 0 Å². The fraction of sp³-hybridized carbons (Fsp3) is 0.381. The SMILES string of the molecule is Cc1nc2c(C(=O)NC3CCC(Oc4cc(F)cc(F)c4)CC3)ccnc2n1C. The number of ether oxygens (including phenoxy) is 1. The number of fused-ring (bicyclic) bond motifs is 1. The highest BCUT2D eigenvalue weighted by Gasteiger charge is 2.25. The number of hydrogen-bond donors (Lipinski definition) is 1. The molecule has 1 amide bonds. The first kappa shape index (κ1) is 19.3. The normalized spacial score (nSPS) is 19.3. The predicted octanol–water partition coefficient (Wildman–Crippen LogP) is 3.67. The van der Waals surface area contributed by atoms with Crippen LogP contribution in [-0.4, -0.2) is 32.6 Å². The highest BCUT2D eigenvalue weighted by molar-refractivity contribution is 6.04. The van der Waals surface area contributed by atoms with Gasteiger partial charge < -0.3 is 14.6 Å². The van der Waals surface area contributed by atoms with Gasteiger partial charge in [0.25, 0.3) is 5.91 Å². The summed E-state index contributed by atoms with van der Waals surface area (Å²) in [7, 11) is 1.87. The van der Waals surface area contributed by atoms with E-state index in [4.69, 9.17) is 4.74 Å². The Morgan fingerprint density at radius 2 is 1.86 bits per heavy atom. The zero-order chi connectivity index (χ0) is 20.5. The summed E-state index contributed by atoms with van der Waals surface area (Å²) in [6, 6.07) is 4.87. The molecule has 0 unspecified atom stereocenters. The molecule has 3 aromatic rings. The summed E-state index contributed by atoms with van der Waals surface area (Å²) in [5, 5.41) is 3.07. The van der Waals surface area contributed by atoms with Gasteiger partial charge in [0.1, 0.15) is 28.7 Å². The average Bonchev–Trinajstić information content (AvgIpc) is 2.97. The van der Waals surface area contributed by atoms with E-state index in [-0.39, 0.29) is 23.8 Å². The van der Waals surface area contributed by atoms with Gasteiger partial charge >= 0.3 is 0 Å². The predicted molar refractivity (Wildman–Crippen MR) is 104 cm³/mol. The van der Waals surface area contributed by atoms with Crippen molar-refractivity contribution >= 4 is 17.1 Å². The smallest absolute Gasteiger partial charge is 0.253 e. The Morgan fingerprint density at radius 1 is 1.17 bits per heavy atom. The molecule has 0 bridgehead atoms. The van der Waals surface area contributed by atoms with E-state index in [1.165, 1.54) is 12.1 Å². The van der Waals surface area contributed by atoms with Crippen LogP contribution in [0.2, 0.25) is 0 Å². The van der Waals surface area contributed by atoms with Crippen molar-refractivity contribution in [2.75, 3.05) is 0 Å². The van der Waals surface area contributed by atoms with E-state index in [1.54, 1.807) is 12.3 Å². The minimum atomic E-state index is -0.658. The summed E-state index contributed by atoms with van der Waals surface area (Å²) in [5.41, 5.74) is 1.78. The van der Waals surface area contributed by atoms with Crippen LogP contribution >= 0.6 is 0 Å². The number of hydrogen-bond acceptors (Lipinski definition) is 4. The third-order valence-electron chi connectivity index (χ3n) is 5.37. The van der Waals surface area contributed by atoms with Gasteiger partial charge in [-0.1, -0.05) is 0 Å². The van der Waals surface area contributed by atoms with Crippen LogP contribution < -0.4 is 10.1 Å². The second-order valence-electron chi connectivity index (χ2n) is 7.42. The van der Waals surface area contributed by atoms with E-state index in [0.29, 0.717) is 29.6 Å². The first-order chi connectivity index (χ1) is 13.9. The Hall–Kier alpha value is -3.03. The number of aryl methyl sites for hydroxylation is 2. The van der Waals surface area contributed by atoms with Gasteiger partial charge in [0, 0.05) is 37.5 Å². The molecule has 1 aromatic carbocycles. The number of imidazole rings is 1. The van der Waals surface area contributed by atoms with Gasteiger partial charge in [-0.25, -0.2) is 18.7 Å². The molecule has 6 nitrogen and oxygen atoms in total. The monoisotopic (exact) mass is 400 g/mol. The van der Waals surface area contributed by atoms with E-state index in [9.17, 15) is 13.6 Å². The van der Waals surface area contributed by atoms with E-state index in [1.807, 2.05) is 18.5 Å². The largest absolute Gasteiger partial charge is 0.490 e. The van der Waals surface area contributed by atoms with E-state index >= 15 is 0 Å². The van der Waals surface area contributed by atoms with Crippen molar-refractivity contribution in [2.45, 2.75) is 44.8 Å². The number of benzene rings is 1. The molecule has 0 atom stereocenters. The van der Waals surface area contributed by atoms with Crippen LogP contribution in [-0.2, 0) is 7.05 Å². The van der Waals surface area contributed by atoms with Crippen molar-refractivity contribution in [3.63, 3.8) is 0 Å². The highest BCUT2D eigenvalue weighted by Crippen LogP contribution is 2.26. The molecule has 1 fully saturated rings. The molecule has 2 aromatic heterocycles. The molecule has 0 aliphatic heterocycles. The number of nitrogens with zero attached hydrogens (tertiary/aromatic N) is 3. The van der Waals surface area contributed by atoms with Gasteiger partial charge in [-0.15, -0.1) is 0 Å². The number of carbonyl (C=O) groups excluding carboxylic acids is 1. The summed E-state index contributed by atoms with van der Waals surface area (Å²) < 4.78 is 34.2. The Morgan fingerprint density at radius 3 is 2.55 bits per heavy atom. The van der Waals surface area contributed by atoms with Crippen molar-refractivity contribution in [3.8, 4) is 5.75 Å². The minimum absolute atomic E-state index is 0.0135. The van der Waals surface area contributed by atoms with Gasteiger partial charge in [-0.05, 0) is 38.7 Å². The third-order valence-corrected chi connectivity index (χ3v) is 5.37. The standard InChI is InChI=1S/C21H22F2N4O2/c1-12-25-19-18(7-8-24-20(19)27(12)2)21(28)26-15-3-5-16(6-4-15)29-17-10-13(22)9-14(23)11-17/h7-11,15-16H,3-6H2,1-2H3,(H,26,28). The topological polar surface area (TPSA) is 69.0 Å². The maximum atomic E-state index is 13.3. The Kier molecular flexibility index (Phi) is 5.17. The number of halogens is 2. The van der Waals surface area contributed by atoms with E-state index < -0.39 is 11.6 Å². The molecule has 152 valence electrons. The zero-order valence-corrected chi connectivity index (χ0v) is 16.3. The Labute approximate surface area is 166 Å². The maximum absolute atomic E-state index is 13.3. The van der Waals surface area contributed by atoms with Gasteiger partial charge in [-0.3, -0.25) is 4.79 Å². The molecule has 0 radical (unpaired) electrons. The molecule has 29 heavy (non-hydrogen) atoms. The number of amides is 1. The Balaban J connectivity index is 1.37. The van der Waals surface area contributed by atoms with Crippen molar-refractivity contribution < 1.29 is 18.3 Å². The van der Waals surface area contributed by atoms with Gasteiger partial charge in [-0.2, -0.15) is 0 Å². The molecule has 1 aliphatic carbocycles. The summed E-state index contributed by atoms with van der Waals surface area (Å²) in [6.45, 7) is 1.87. The van der Waals surface area contributed by atoms with Crippen molar-refractivity contribution in [1.82, 2.24) is 19.9 Å². The van der Waals surface area contributed by atoms with Crippen molar-refractivity contribution in [2.24, 2.45) is 7.05 Å². The molecule has 4 rings (SSSR count). The second kappa shape index (κ2) is 7.77. The van der Waals surface area contributed by atoms with Crippen LogP contribution in [0.3, 0.4) is 0 Å². The van der Waals surface area contributed by atoms with E-state index in [0.717, 1.165) is 24.7 Å². The summed E-state index contributed by atoms with van der Waals surface area (Å²) in [6.07, 6.45) is 4.32. The first-order valence-electron chi connectivity index (χ1n) is 9.62. The maximum Gasteiger partial charge on any atom is 0.253 e. The lowest BCUT2D eigenvalue weighted by Crippen LogP contribution is -2.39. The number of nitrogens with one attached hydrogen (secondary N) is 1. The summed E-state index contributed by atoms with van der Waals surface area (Å²) in [4.78, 5) is 21.6. The summed E-state index contributed by atoms with van der Waals surface area (Å²) in [5.74, 6) is -0.505. The molecule has 1 saturated carbocycles. The van der Waals surface area contributed by atoms with Crippen LogP contribution in [0, 0.1) is 18.6 Å². The molecular formula is C21H22F2N4O2. The summed E-state index contributed by atoms with van der Waals surface area (Å²) >= 11 is 0. The van der Waals surface area contributed by atoms with Gasteiger partial charge in [0.15, 0.2) is 5.65 Å². The number of pyridine rings is 1. The molecular weight excluding hydrogens is 378 g/mol. The van der Waals surface area contributed by atoms with Crippen LogP contribution in [0.5, 0.6) is 5.75 Å². The van der Waals surface area contributed by atoms with Gasteiger partial charge in [0.2, 0.25) is 0 Å². The van der Waals surface area contributed by atoms with Crippen LogP contribution in [0.4, 0.5) is 8.78 Å². The second-order valence-corrected chi connectivity index (χ2v) is 7.42. The first-order valence-corrected chi connectivity index (χ1v) is 9.62. The third kappa shape index (κ3) is 4.06. The molecule has 2 heterocycles. The minimum Gasteiger partial charge on any atom is -0.490 e. The molecule has 0 saturated heterocycles. The number of carbonyl (C=O) groups is 1. The number of aromatic nitrogens is 3. The van der Waals surface area contributed by atoms with E-state index in [2.05, 4.69) is 15.3 Å².